The first-order valence-electron chi connectivity index (χ1n) is 5.54. The molecule has 0 nitrogen and oxygen atoms in total. The van der Waals surface area contributed by atoms with Gasteiger partial charge in [-0.15, -0.1) is 0 Å². The van der Waals surface area contributed by atoms with E-state index in [4.69, 9.17) is 0 Å². The third-order valence-electron chi connectivity index (χ3n) is 3.73. The SMILES string of the molecule is CC(C)C1CCC(C)C1C(C)C. The molecule has 72 valence electrons. The zero-order valence-electron chi connectivity index (χ0n) is 9.30. The monoisotopic (exact) mass is 168 g/mol. The quantitative estimate of drug-likeness (QED) is 0.585. The third kappa shape index (κ3) is 1.84. The highest BCUT2D eigenvalue weighted by molar-refractivity contribution is 4.85. The van der Waals surface area contributed by atoms with Crippen LogP contribution in [0.1, 0.15) is 47.5 Å². The average molecular weight is 168 g/mol. The fourth-order valence-electron chi connectivity index (χ4n) is 3.19. The summed E-state index contributed by atoms with van der Waals surface area (Å²) in [6, 6.07) is 0. The summed E-state index contributed by atoms with van der Waals surface area (Å²) in [5.41, 5.74) is 0. The smallest absolute Gasteiger partial charge is 0.0334 e. The maximum Gasteiger partial charge on any atom is -0.0334 e. The maximum atomic E-state index is 2.44. The van der Waals surface area contributed by atoms with Gasteiger partial charge in [0.1, 0.15) is 0 Å². The van der Waals surface area contributed by atoms with Gasteiger partial charge in [-0.1, -0.05) is 41.0 Å². The number of hydrogen-bond donors (Lipinski definition) is 0. The van der Waals surface area contributed by atoms with E-state index in [2.05, 4.69) is 34.6 Å². The molecule has 0 radical (unpaired) electrons. The van der Waals surface area contributed by atoms with Gasteiger partial charge in [-0.05, 0) is 36.0 Å². The summed E-state index contributed by atoms with van der Waals surface area (Å²) in [5.74, 6) is 4.74. The normalized spacial score (nSPS) is 36.8. The summed E-state index contributed by atoms with van der Waals surface area (Å²) in [6.07, 6.45) is 2.94. The molecule has 1 saturated carbocycles. The molecule has 3 atom stereocenters. The Balaban J connectivity index is 2.64. The molecular weight excluding hydrogens is 144 g/mol. The van der Waals surface area contributed by atoms with E-state index in [0.29, 0.717) is 0 Å². The Labute approximate surface area is 77.7 Å². The Hall–Kier alpha value is 0. The van der Waals surface area contributed by atoms with Crippen LogP contribution >= 0.6 is 0 Å². The van der Waals surface area contributed by atoms with Crippen LogP contribution in [0.4, 0.5) is 0 Å². The first kappa shape index (κ1) is 10.1. The van der Waals surface area contributed by atoms with Crippen molar-refractivity contribution in [3.05, 3.63) is 0 Å². The second kappa shape index (κ2) is 3.81. The summed E-state index contributed by atoms with van der Waals surface area (Å²) in [5, 5.41) is 0. The fraction of sp³-hybridized carbons (Fsp3) is 1.00. The zero-order valence-corrected chi connectivity index (χ0v) is 9.30. The molecule has 0 aromatic carbocycles. The minimum absolute atomic E-state index is 0.884. The van der Waals surface area contributed by atoms with Gasteiger partial charge in [0.15, 0.2) is 0 Å². The highest BCUT2D eigenvalue weighted by Gasteiger charge is 2.36. The van der Waals surface area contributed by atoms with Gasteiger partial charge >= 0.3 is 0 Å². The van der Waals surface area contributed by atoms with Crippen LogP contribution in [-0.2, 0) is 0 Å². The molecule has 0 amide bonds. The van der Waals surface area contributed by atoms with Crippen molar-refractivity contribution in [2.45, 2.75) is 47.5 Å². The van der Waals surface area contributed by atoms with Gasteiger partial charge in [0.2, 0.25) is 0 Å². The van der Waals surface area contributed by atoms with Crippen molar-refractivity contribution < 1.29 is 0 Å². The van der Waals surface area contributed by atoms with Crippen LogP contribution in [0.25, 0.3) is 0 Å². The van der Waals surface area contributed by atoms with Crippen molar-refractivity contribution in [2.24, 2.45) is 29.6 Å². The fourth-order valence-corrected chi connectivity index (χ4v) is 3.19. The molecule has 3 unspecified atom stereocenters. The molecule has 0 heteroatoms. The van der Waals surface area contributed by atoms with Crippen molar-refractivity contribution in [3.63, 3.8) is 0 Å². The van der Waals surface area contributed by atoms with E-state index in [1.807, 2.05) is 0 Å². The van der Waals surface area contributed by atoms with Crippen LogP contribution in [0.5, 0.6) is 0 Å². The van der Waals surface area contributed by atoms with Crippen LogP contribution in [0.15, 0.2) is 0 Å². The van der Waals surface area contributed by atoms with Crippen molar-refractivity contribution in [2.75, 3.05) is 0 Å². The molecule has 0 saturated heterocycles. The highest BCUT2D eigenvalue weighted by atomic mass is 14.4. The maximum absolute atomic E-state index is 2.44. The van der Waals surface area contributed by atoms with Gasteiger partial charge in [-0.25, -0.2) is 0 Å². The van der Waals surface area contributed by atoms with Crippen molar-refractivity contribution in [1.29, 1.82) is 0 Å². The minimum atomic E-state index is 0.884. The summed E-state index contributed by atoms with van der Waals surface area (Å²) in [4.78, 5) is 0. The zero-order chi connectivity index (χ0) is 9.30. The first-order valence-corrected chi connectivity index (χ1v) is 5.54. The molecular formula is C12H24. The molecule has 1 fully saturated rings. The Kier molecular flexibility index (Phi) is 3.20. The summed E-state index contributed by atoms with van der Waals surface area (Å²) >= 11 is 0. The Morgan fingerprint density at radius 2 is 1.50 bits per heavy atom. The Morgan fingerprint density at radius 1 is 0.917 bits per heavy atom. The van der Waals surface area contributed by atoms with Gasteiger partial charge in [0, 0.05) is 0 Å². The molecule has 1 rings (SSSR count). The number of hydrogen-bond acceptors (Lipinski definition) is 0. The third-order valence-corrected chi connectivity index (χ3v) is 3.73. The second-order valence-electron chi connectivity index (χ2n) is 5.28. The average Bonchev–Trinajstić information content (AvgIpc) is 2.30. The molecule has 0 heterocycles. The predicted molar refractivity (Wildman–Crippen MR) is 55.1 cm³/mol. The second-order valence-corrected chi connectivity index (χ2v) is 5.28. The molecule has 0 spiro atoms. The topological polar surface area (TPSA) is 0 Å². The van der Waals surface area contributed by atoms with Crippen LogP contribution in [0, 0.1) is 29.6 Å². The Bertz CT molecular complexity index is 135. The molecule has 0 aromatic rings. The van der Waals surface area contributed by atoms with Crippen LogP contribution in [0.3, 0.4) is 0 Å². The molecule has 1 aliphatic carbocycles. The van der Waals surface area contributed by atoms with Gasteiger partial charge in [0.05, 0.1) is 0 Å². The van der Waals surface area contributed by atoms with E-state index in [-0.39, 0.29) is 0 Å². The molecule has 0 aliphatic heterocycles. The lowest BCUT2D eigenvalue weighted by atomic mass is 9.76. The lowest BCUT2D eigenvalue weighted by Gasteiger charge is -2.29. The van der Waals surface area contributed by atoms with Crippen molar-refractivity contribution in [3.8, 4) is 0 Å². The standard InChI is InChI=1S/C12H24/c1-8(2)11-7-6-10(5)12(11)9(3)4/h8-12H,6-7H2,1-5H3. The summed E-state index contributed by atoms with van der Waals surface area (Å²) in [6.45, 7) is 12.0. The largest absolute Gasteiger partial charge is 0.0625 e. The first-order chi connectivity index (χ1) is 5.54. The van der Waals surface area contributed by atoms with Crippen molar-refractivity contribution >= 4 is 0 Å². The molecule has 0 N–H and O–H groups in total. The lowest BCUT2D eigenvalue weighted by Crippen LogP contribution is -2.22. The molecule has 12 heavy (non-hydrogen) atoms. The van der Waals surface area contributed by atoms with E-state index >= 15 is 0 Å². The van der Waals surface area contributed by atoms with Crippen LogP contribution in [0.2, 0.25) is 0 Å². The minimum Gasteiger partial charge on any atom is -0.0625 e. The molecule has 0 bridgehead atoms. The van der Waals surface area contributed by atoms with Gasteiger partial charge in [0.25, 0.3) is 0 Å². The molecule has 1 aliphatic rings. The summed E-state index contributed by atoms with van der Waals surface area (Å²) in [7, 11) is 0. The van der Waals surface area contributed by atoms with Crippen molar-refractivity contribution in [1.82, 2.24) is 0 Å². The highest BCUT2D eigenvalue weighted by Crippen LogP contribution is 2.44. The van der Waals surface area contributed by atoms with E-state index < -0.39 is 0 Å². The Morgan fingerprint density at radius 3 is 1.83 bits per heavy atom. The van der Waals surface area contributed by atoms with Gasteiger partial charge < -0.3 is 0 Å². The lowest BCUT2D eigenvalue weighted by molar-refractivity contribution is 0.198. The van der Waals surface area contributed by atoms with E-state index in [9.17, 15) is 0 Å². The van der Waals surface area contributed by atoms with E-state index in [0.717, 1.165) is 29.6 Å². The summed E-state index contributed by atoms with van der Waals surface area (Å²) < 4.78 is 0. The predicted octanol–water partition coefficient (Wildman–Crippen LogP) is 3.96. The number of rotatable bonds is 2. The molecule has 0 aromatic heterocycles. The van der Waals surface area contributed by atoms with Crippen LogP contribution in [-0.4, -0.2) is 0 Å². The van der Waals surface area contributed by atoms with Crippen LogP contribution < -0.4 is 0 Å². The van der Waals surface area contributed by atoms with E-state index in [1.165, 1.54) is 12.8 Å². The van der Waals surface area contributed by atoms with E-state index in [1.54, 1.807) is 0 Å². The van der Waals surface area contributed by atoms with Gasteiger partial charge in [-0.3, -0.25) is 0 Å². The van der Waals surface area contributed by atoms with Gasteiger partial charge in [-0.2, -0.15) is 0 Å².